The van der Waals surface area contributed by atoms with Crippen LogP contribution in [0.2, 0.25) is 0 Å². The fourth-order valence-electron chi connectivity index (χ4n) is 2.82. The van der Waals surface area contributed by atoms with E-state index in [1.165, 1.54) is 19.4 Å². The number of carbonyl (C=O) groups is 5. The van der Waals surface area contributed by atoms with Gasteiger partial charge in [0.1, 0.15) is 18.1 Å². The van der Waals surface area contributed by atoms with Gasteiger partial charge in [-0.15, -0.1) is 0 Å². The predicted octanol–water partition coefficient (Wildman–Crippen LogP) is -3.63. The molecule has 12 N–H and O–H groups in total. The standard InChI is InChI=1S/C19H31N9O7/c1-9(20)15(31)27-12(6-14(29)30)17(33)26-11(3-2-4-24-19(21)22)16(32)28-13(18(34)35)5-10-7-23-8-25-10/h7-9,11-13H,2-6,20H2,1H3,(H,23,25)(H,26,33)(H,27,31)(H,28,32)(H,29,30)(H,34,35)(H4,21,22,24). The second-order valence-corrected chi connectivity index (χ2v) is 7.64. The Balaban J connectivity index is 3.02. The van der Waals surface area contributed by atoms with Crippen molar-refractivity contribution in [2.75, 3.05) is 6.54 Å². The van der Waals surface area contributed by atoms with Crippen LogP contribution >= 0.6 is 0 Å². The molecule has 194 valence electrons. The highest BCUT2D eigenvalue weighted by Gasteiger charge is 2.31. The Morgan fingerprint density at radius 2 is 1.63 bits per heavy atom. The molecule has 4 atom stereocenters. The first kappa shape index (κ1) is 28.8. The molecule has 1 aromatic rings. The summed E-state index contributed by atoms with van der Waals surface area (Å²) in [4.78, 5) is 70.7. The van der Waals surface area contributed by atoms with Gasteiger partial charge in [-0.3, -0.25) is 24.2 Å². The summed E-state index contributed by atoms with van der Waals surface area (Å²) in [6.07, 6.45) is 2.05. The zero-order valence-corrected chi connectivity index (χ0v) is 19.1. The number of H-pyrrole nitrogens is 1. The minimum absolute atomic E-state index is 0.0220. The molecule has 0 bridgehead atoms. The first-order valence-electron chi connectivity index (χ1n) is 10.5. The number of hydrogen-bond donors (Lipinski definition) is 9. The second-order valence-electron chi connectivity index (χ2n) is 7.64. The fraction of sp³-hybridized carbons (Fsp3) is 0.526. The van der Waals surface area contributed by atoms with Crippen molar-refractivity contribution in [1.29, 1.82) is 0 Å². The topological polar surface area (TPSA) is 281 Å². The number of carbonyl (C=O) groups excluding carboxylic acids is 3. The number of aliphatic carboxylic acids is 2. The molecule has 0 radical (unpaired) electrons. The van der Waals surface area contributed by atoms with Crippen LogP contribution in [0.1, 0.15) is 31.9 Å². The van der Waals surface area contributed by atoms with Crippen molar-refractivity contribution in [2.24, 2.45) is 22.2 Å². The number of carboxylic acid groups (broad SMARTS) is 2. The summed E-state index contributed by atoms with van der Waals surface area (Å²) in [6.45, 7) is 1.45. The summed E-state index contributed by atoms with van der Waals surface area (Å²) in [6, 6.07) is -5.19. The maximum Gasteiger partial charge on any atom is 0.326 e. The largest absolute Gasteiger partial charge is 0.481 e. The van der Waals surface area contributed by atoms with Crippen LogP contribution in [-0.2, 0) is 30.4 Å². The van der Waals surface area contributed by atoms with Gasteiger partial charge in [-0.2, -0.15) is 0 Å². The zero-order valence-electron chi connectivity index (χ0n) is 19.1. The van der Waals surface area contributed by atoms with Crippen LogP contribution < -0.4 is 33.2 Å². The van der Waals surface area contributed by atoms with E-state index in [4.69, 9.17) is 22.3 Å². The molecule has 0 aliphatic carbocycles. The predicted molar refractivity (Wildman–Crippen MR) is 122 cm³/mol. The summed E-state index contributed by atoms with van der Waals surface area (Å²) < 4.78 is 0. The number of nitrogens with two attached hydrogens (primary N) is 3. The second kappa shape index (κ2) is 14.1. The van der Waals surface area contributed by atoms with Gasteiger partial charge in [0, 0.05) is 24.9 Å². The Kier molecular flexibility index (Phi) is 11.6. The quantitative estimate of drug-likeness (QED) is 0.0647. The van der Waals surface area contributed by atoms with Crippen molar-refractivity contribution in [2.45, 2.75) is 56.8 Å². The van der Waals surface area contributed by atoms with Gasteiger partial charge in [0.2, 0.25) is 17.7 Å². The van der Waals surface area contributed by atoms with E-state index in [0.717, 1.165) is 0 Å². The molecular weight excluding hydrogens is 466 g/mol. The third kappa shape index (κ3) is 11.0. The molecule has 35 heavy (non-hydrogen) atoms. The minimum Gasteiger partial charge on any atom is -0.481 e. The highest BCUT2D eigenvalue weighted by Crippen LogP contribution is 2.05. The number of aliphatic imine (C=N–C) groups is 1. The van der Waals surface area contributed by atoms with Crippen molar-refractivity contribution < 1.29 is 34.2 Å². The first-order chi connectivity index (χ1) is 16.4. The van der Waals surface area contributed by atoms with E-state index in [9.17, 15) is 29.1 Å². The van der Waals surface area contributed by atoms with E-state index in [0.29, 0.717) is 5.69 Å². The Bertz CT molecular complexity index is 914. The van der Waals surface area contributed by atoms with Gasteiger partial charge in [0.15, 0.2) is 5.96 Å². The average molecular weight is 498 g/mol. The zero-order chi connectivity index (χ0) is 26.5. The lowest BCUT2D eigenvalue weighted by Gasteiger charge is -2.24. The Labute approximate surface area is 200 Å². The SMILES string of the molecule is CC(N)C(=O)NC(CC(=O)O)C(=O)NC(CCCN=C(N)N)C(=O)NC(Cc1cnc[nH]1)C(=O)O. The lowest BCUT2D eigenvalue weighted by molar-refractivity contribution is -0.143. The average Bonchev–Trinajstić information content (AvgIpc) is 3.27. The normalized spacial score (nSPS) is 14.0. The highest BCUT2D eigenvalue weighted by molar-refractivity contribution is 5.95. The summed E-state index contributed by atoms with van der Waals surface area (Å²) in [5.41, 5.74) is 16.4. The monoisotopic (exact) mass is 497 g/mol. The van der Waals surface area contributed by atoms with E-state index in [1.54, 1.807) is 0 Å². The van der Waals surface area contributed by atoms with E-state index in [1.807, 2.05) is 0 Å². The number of aromatic nitrogens is 2. The van der Waals surface area contributed by atoms with E-state index >= 15 is 0 Å². The molecule has 1 aromatic heterocycles. The van der Waals surface area contributed by atoms with Gasteiger partial charge in [0.25, 0.3) is 0 Å². The Hall–Kier alpha value is -4.21. The molecule has 0 aromatic carbocycles. The van der Waals surface area contributed by atoms with Crippen molar-refractivity contribution in [3.63, 3.8) is 0 Å². The number of guanidine groups is 1. The van der Waals surface area contributed by atoms with Crippen LogP contribution in [-0.4, -0.2) is 86.5 Å². The van der Waals surface area contributed by atoms with E-state index < -0.39 is 60.2 Å². The molecule has 0 saturated heterocycles. The van der Waals surface area contributed by atoms with Crippen molar-refractivity contribution in [1.82, 2.24) is 25.9 Å². The summed E-state index contributed by atoms with van der Waals surface area (Å²) >= 11 is 0. The van der Waals surface area contributed by atoms with E-state index in [2.05, 4.69) is 30.9 Å². The summed E-state index contributed by atoms with van der Waals surface area (Å²) in [5, 5.41) is 25.5. The van der Waals surface area contributed by atoms with Crippen LogP contribution in [0.15, 0.2) is 17.5 Å². The molecule has 16 nitrogen and oxygen atoms in total. The molecule has 0 fully saturated rings. The molecule has 16 heteroatoms. The number of nitrogens with one attached hydrogen (secondary N) is 4. The molecule has 4 unspecified atom stereocenters. The van der Waals surface area contributed by atoms with Crippen LogP contribution in [0.4, 0.5) is 0 Å². The maximum atomic E-state index is 12.9. The van der Waals surface area contributed by atoms with Crippen molar-refractivity contribution in [3.05, 3.63) is 18.2 Å². The number of nitrogens with zero attached hydrogens (tertiary/aromatic N) is 2. The number of amides is 3. The molecular formula is C19H31N9O7. The molecule has 3 amide bonds. The number of hydrogen-bond acceptors (Lipinski definition) is 8. The van der Waals surface area contributed by atoms with Crippen LogP contribution in [0.3, 0.4) is 0 Å². The van der Waals surface area contributed by atoms with Gasteiger partial charge in [0.05, 0.1) is 18.8 Å². The third-order valence-electron chi connectivity index (χ3n) is 4.60. The van der Waals surface area contributed by atoms with Gasteiger partial charge in [-0.05, 0) is 19.8 Å². The van der Waals surface area contributed by atoms with Crippen LogP contribution in [0, 0.1) is 0 Å². The van der Waals surface area contributed by atoms with Gasteiger partial charge in [-0.1, -0.05) is 0 Å². The molecule has 0 aliphatic heterocycles. The highest BCUT2D eigenvalue weighted by atomic mass is 16.4. The molecule has 0 spiro atoms. The molecule has 1 rings (SSSR count). The molecule has 0 saturated carbocycles. The summed E-state index contributed by atoms with van der Waals surface area (Å²) in [7, 11) is 0. The summed E-state index contributed by atoms with van der Waals surface area (Å²) in [5.74, 6) is -5.47. The van der Waals surface area contributed by atoms with Gasteiger partial charge >= 0.3 is 11.9 Å². The molecule has 1 heterocycles. The molecule has 0 aliphatic rings. The lowest BCUT2D eigenvalue weighted by atomic mass is 10.1. The van der Waals surface area contributed by atoms with Crippen molar-refractivity contribution in [3.8, 4) is 0 Å². The van der Waals surface area contributed by atoms with Gasteiger partial charge in [-0.25, -0.2) is 9.78 Å². The Morgan fingerprint density at radius 3 is 2.14 bits per heavy atom. The third-order valence-corrected chi connectivity index (χ3v) is 4.60. The number of imidazole rings is 1. The number of rotatable bonds is 15. The van der Waals surface area contributed by atoms with Crippen molar-refractivity contribution >= 4 is 35.6 Å². The van der Waals surface area contributed by atoms with E-state index in [-0.39, 0.29) is 31.8 Å². The van der Waals surface area contributed by atoms with Crippen LogP contribution in [0.5, 0.6) is 0 Å². The first-order valence-corrected chi connectivity index (χ1v) is 10.5. The fourth-order valence-corrected chi connectivity index (χ4v) is 2.82. The number of aromatic amines is 1. The smallest absolute Gasteiger partial charge is 0.326 e. The lowest BCUT2D eigenvalue weighted by Crippen LogP contribution is -2.57. The van der Waals surface area contributed by atoms with Crippen LogP contribution in [0.25, 0.3) is 0 Å². The Morgan fingerprint density at radius 1 is 1.03 bits per heavy atom. The number of carboxylic acids is 2. The maximum absolute atomic E-state index is 12.9. The minimum atomic E-state index is -1.53. The van der Waals surface area contributed by atoms with Gasteiger partial charge < -0.3 is 48.3 Å².